The second-order valence-electron chi connectivity index (χ2n) is 8.14. The molecular formula is C24H27ClN4O2. The second kappa shape index (κ2) is 10.1. The number of hydrogen-bond donors (Lipinski definition) is 0. The summed E-state index contributed by atoms with van der Waals surface area (Å²) in [5, 5.41) is 0.715. The fourth-order valence-electron chi connectivity index (χ4n) is 4.00. The molecule has 4 rings (SSSR count). The van der Waals surface area contributed by atoms with Crippen molar-refractivity contribution in [1.29, 1.82) is 0 Å². The Labute approximate surface area is 187 Å². The van der Waals surface area contributed by atoms with E-state index in [2.05, 4.69) is 9.97 Å². The van der Waals surface area contributed by atoms with Crippen LogP contribution in [-0.2, 0) is 17.8 Å². The van der Waals surface area contributed by atoms with Crippen LogP contribution in [0, 0.1) is 0 Å². The fraction of sp³-hybridized carbons (Fsp3) is 0.375. The highest BCUT2D eigenvalue weighted by Gasteiger charge is 2.28. The third-order valence-corrected chi connectivity index (χ3v) is 5.76. The number of hydrogen-bond acceptors (Lipinski definition) is 5. The normalized spacial score (nSPS) is 16.6. The van der Waals surface area contributed by atoms with Crippen LogP contribution in [0.15, 0.2) is 59.3 Å². The van der Waals surface area contributed by atoms with Crippen LogP contribution in [0.25, 0.3) is 0 Å². The molecule has 1 aromatic carbocycles. The van der Waals surface area contributed by atoms with Crippen molar-refractivity contribution in [2.45, 2.75) is 31.7 Å². The highest BCUT2D eigenvalue weighted by molar-refractivity contribution is 6.30. The van der Waals surface area contributed by atoms with Gasteiger partial charge in [-0.05, 0) is 49.7 Å². The van der Waals surface area contributed by atoms with Crippen molar-refractivity contribution in [3.05, 3.63) is 82.8 Å². The third-order valence-electron chi connectivity index (χ3n) is 5.53. The molecule has 0 aliphatic carbocycles. The molecule has 0 spiro atoms. The van der Waals surface area contributed by atoms with Crippen molar-refractivity contribution in [2.75, 3.05) is 26.7 Å². The largest absolute Gasteiger partial charge is 0.445 e. The molecule has 1 saturated heterocycles. The molecule has 3 aromatic rings. The Kier molecular flexibility index (Phi) is 6.99. The Balaban J connectivity index is 1.33. The first kappa shape index (κ1) is 21.5. The number of aromatic nitrogens is 2. The van der Waals surface area contributed by atoms with E-state index >= 15 is 0 Å². The molecule has 1 aliphatic rings. The topological polar surface area (TPSA) is 62.5 Å². The maximum absolute atomic E-state index is 12.9. The summed E-state index contributed by atoms with van der Waals surface area (Å²) in [5.41, 5.74) is 2.05. The SMILES string of the molecule is CN(CC(=O)N1CCCC(c2ncc(Cc3cccc(Cl)c3)o2)C1)Cc1ccccn1. The highest BCUT2D eigenvalue weighted by atomic mass is 35.5. The van der Waals surface area contributed by atoms with Crippen LogP contribution in [0.2, 0.25) is 5.02 Å². The highest BCUT2D eigenvalue weighted by Crippen LogP contribution is 2.27. The number of nitrogens with zero attached hydrogens (tertiary/aromatic N) is 4. The van der Waals surface area contributed by atoms with Crippen LogP contribution in [0.1, 0.15) is 41.7 Å². The maximum atomic E-state index is 12.9. The lowest BCUT2D eigenvalue weighted by Gasteiger charge is -2.32. The molecule has 1 fully saturated rings. The number of carbonyl (C=O) groups is 1. The quantitative estimate of drug-likeness (QED) is 0.554. The average molecular weight is 439 g/mol. The van der Waals surface area contributed by atoms with Crippen molar-refractivity contribution in [2.24, 2.45) is 0 Å². The number of oxazole rings is 1. The molecule has 3 heterocycles. The Morgan fingerprint density at radius 1 is 1.26 bits per heavy atom. The summed E-state index contributed by atoms with van der Waals surface area (Å²) in [4.78, 5) is 25.6. The number of piperidine rings is 1. The zero-order valence-electron chi connectivity index (χ0n) is 17.7. The number of benzene rings is 1. The molecule has 6 nitrogen and oxygen atoms in total. The molecule has 1 unspecified atom stereocenters. The zero-order chi connectivity index (χ0) is 21.6. The van der Waals surface area contributed by atoms with Crippen molar-refractivity contribution in [3.8, 4) is 0 Å². The smallest absolute Gasteiger partial charge is 0.236 e. The number of pyridine rings is 1. The number of carbonyl (C=O) groups excluding carboxylic acids is 1. The van der Waals surface area contributed by atoms with E-state index in [-0.39, 0.29) is 11.8 Å². The minimum absolute atomic E-state index is 0.131. The van der Waals surface area contributed by atoms with Gasteiger partial charge in [-0.3, -0.25) is 14.7 Å². The molecular weight excluding hydrogens is 412 g/mol. The van der Waals surface area contributed by atoms with Crippen LogP contribution >= 0.6 is 11.6 Å². The summed E-state index contributed by atoms with van der Waals surface area (Å²) in [6.45, 7) is 2.45. The number of amides is 1. The van der Waals surface area contributed by atoms with Gasteiger partial charge in [-0.1, -0.05) is 29.8 Å². The van der Waals surface area contributed by atoms with Crippen molar-refractivity contribution in [1.82, 2.24) is 19.8 Å². The van der Waals surface area contributed by atoms with Crippen LogP contribution in [0.3, 0.4) is 0 Å². The van der Waals surface area contributed by atoms with Gasteiger partial charge in [0.05, 0.1) is 24.4 Å². The van der Waals surface area contributed by atoms with Gasteiger partial charge < -0.3 is 9.32 Å². The lowest BCUT2D eigenvalue weighted by atomic mass is 9.98. The van der Waals surface area contributed by atoms with E-state index in [1.54, 1.807) is 12.4 Å². The third kappa shape index (κ3) is 5.93. The Morgan fingerprint density at radius 2 is 2.16 bits per heavy atom. The van der Waals surface area contributed by atoms with Crippen LogP contribution in [0.5, 0.6) is 0 Å². The first-order valence-electron chi connectivity index (χ1n) is 10.6. The van der Waals surface area contributed by atoms with Crippen LogP contribution < -0.4 is 0 Å². The van der Waals surface area contributed by atoms with E-state index in [0.29, 0.717) is 31.1 Å². The number of likely N-dealkylation sites (N-methyl/N-ethyl adjacent to an activating group) is 1. The van der Waals surface area contributed by atoms with E-state index in [4.69, 9.17) is 16.0 Å². The molecule has 7 heteroatoms. The van der Waals surface area contributed by atoms with E-state index in [0.717, 1.165) is 42.3 Å². The van der Waals surface area contributed by atoms with Crippen molar-refractivity contribution >= 4 is 17.5 Å². The molecule has 0 saturated carbocycles. The molecule has 2 aromatic heterocycles. The summed E-state index contributed by atoms with van der Waals surface area (Å²) in [7, 11) is 1.95. The fourth-order valence-corrected chi connectivity index (χ4v) is 4.21. The monoisotopic (exact) mass is 438 g/mol. The van der Waals surface area contributed by atoms with Crippen molar-refractivity contribution < 1.29 is 9.21 Å². The molecule has 0 bridgehead atoms. The van der Waals surface area contributed by atoms with E-state index in [1.807, 2.05) is 59.3 Å². The second-order valence-corrected chi connectivity index (χ2v) is 8.58. The predicted octanol–water partition coefficient (Wildman–Crippen LogP) is 4.15. The van der Waals surface area contributed by atoms with E-state index < -0.39 is 0 Å². The summed E-state index contributed by atoms with van der Waals surface area (Å²) >= 11 is 6.07. The lowest BCUT2D eigenvalue weighted by Crippen LogP contribution is -2.43. The first-order chi connectivity index (χ1) is 15.1. The van der Waals surface area contributed by atoms with E-state index in [1.165, 1.54) is 0 Å². The Morgan fingerprint density at radius 3 is 2.97 bits per heavy atom. The van der Waals surface area contributed by atoms with Gasteiger partial charge in [-0.15, -0.1) is 0 Å². The summed E-state index contributed by atoms with van der Waals surface area (Å²) in [6.07, 6.45) is 6.15. The Hall–Kier alpha value is -2.70. The molecule has 1 aliphatic heterocycles. The predicted molar refractivity (Wildman–Crippen MR) is 120 cm³/mol. The van der Waals surface area contributed by atoms with Gasteiger partial charge in [0.15, 0.2) is 5.89 Å². The average Bonchev–Trinajstić information content (AvgIpc) is 3.23. The van der Waals surface area contributed by atoms with Gasteiger partial charge in [0.2, 0.25) is 5.91 Å². The molecule has 0 radical (unpaired) electrons. The maximum Gasteiger partial charge on any atom is 0.236 e. The summed E-state index contributed by atoms with van der Waals surface area (Å²) in [5.74, 6) is 1.80. The molecule has 31 heavy (non-hydrogen) atoms. The molecule has 0 N–H and O–H groups in total. The molecule has 1 amide bonds. The number of halogens is 1. The van der Waals surface area contributed by atoms with Gasteiger partial charge >= 0.3 is 0 Å². The molecule has 162 valence electrons. The summed E-state index contributed by atoms with van der Waals surface area (Å²) < 4.78 is 6.04. The minimum Gasteiger partial charge on any atom is -0.445 e. The van der Waals surface area contributed by atoms with Gasteiger partial charge in [-0.2, -0.15) is 0 Å². The van der Waals surface area contributed by atoms with Gasteiger partial charge in [0, 0.05) is 37.3 Å². The standard InChI is InChI=1S/C24H27ClN4O2/c1-28(16-21-9-2-3-10-26-21)17-23(30)29-11-5-7-19(15-29)24-27-14-22(31-24)13-18-6-4-8-20(25)12-18/h2-4,6,8-10,12,14,19H,5,7,11,13,15-17H2,1H3. The van der Waals surface area contributed by atoms with Crippen molar-refractivity contribution in [3.63, 3.8) is 0 Å². The van der Waals surface area contributed by atoms with Gasteiger partial charge in [-0.25, -0.2) is 4.98 Å². The van der Waals surface area contributed by atoms with Gasteiger partial charge in [0.1, 0.15) is 5.76 Å². The van der Waals surface area contributed by atoms with Gasteiger partial charge in [0.25, 0.3) is 0 Å². The molecule has 1 atom stereocenters. The Bertz CT molecular complexity index is 1010. The van der Waals surface area contributed by atoms with E-state index in [9.17, 15) is 4.79 Å². The first-order valence-corrected chi connectivity index (χ1v) is 11.0. The number of likely N-dealkylation sites (tertiary alicyclic amines) is 1. The lowest BCUT2D eigenvalue weighted by molar-refractivity contribution is -0.133. The zero-order valence-corrected chi connectivity index (χ0v) is 18.5. The summed E-state index contributed by atoms with van der Waals surface area (Å²) in [6, 6.07) is 13.6. The minimum atomic E-state index is 0.131. The van der Waals surface area contributed by atoms with Crippen LogP contribution in [0.4, 0.5) is 0 Å². The number of rotatable bonds is 7. The van der Waals surface area contributed by atoms with Crippen LogP contribution in [-0.4, -0.2) is 52.4 Å².